The highest BCUT2D eigenvalue weighted by Crippen LogP contribution is 2.33. The minimum Gasteiger partial charge on any atom is -0.393 e. The second-order valence-electron chi connectivity index (χ2n) is 3.69. The number of nitrogens with zero attached hydrogens (tertiary/aromatic N) is 1. The number of ether oxygens (including phenoxy) is 1. The molecule has 0 bridgehead atoms. The van der Waals surface area contributed by atoms with Crippen LogP contribution in [0.4, 0.5) is 4.39 Å². The molecule has 7 heteroatoms. The first kappa shape index (κ1) is 11.7. The number of aliphatic hydroxyl groups excluding tert-OH is 1. The zero-order valence-corrected chi connectivity index (χ0v) is 8.80. The van der Waals surface area contributed by atoms with Gasteiger partial charge in [0.1, 0.15) is 6.10 Å². The van der Waals surface area contributed by atoms with Gasteiger partial charge in [-0.15, -0.1) is 0 Å². The number of alkyl halides is 1. The Morgan fingerprint density at radius 3 is 2.82 bits per heavy atom. The van der Waals surface area contributed by atoms with Crippen LogP contribution in [0.1, 0.15) is 6.23 Å². The van der Waals surface area contributed by atoms with Crippen LogP contribution in [-0.2, 0) is 4.74 Å². The fraction of sp³-hybridized carbons (Fsp3) is 0.400. The lowest BCUT2D eigenvalue weighted by molar-refractivity contribution is -0.0375. The molecule has 1 saturated heterocycles. The van der Waals surface area contributed by atoms with Crippen LogP contribution in [0.5, 0.6) is 0 Å². The SMILES string of the molecule is C=C1[C@H](CO)O[C@H](n2ccc(=O)[nH]c2=O)[C@H]1F. The fourth-order valence-corrected chi connectivity index (χ4v) is 1.68. The van der Waals surface area contributed by atoms with Crippen LogP contribution >= 0.6 is 0 Å². The third-order valence-corrected chi connectivity index (χ3v) is 2.61. The molecule has 2 rings (SSSR count). The number of nitrogens with one attached hydrogen (secondary N) is 1. The van der Waals surface area contributed by atoms with Crippen molar-refractivity contribution in [2.24, 2.45) is 0 Å². The predicted molar refractivity (Wildman–Crippen MR) is 56.4 cm³/mol. The Hall–Kier alpha value is -1.73. The van der Waals surface area contributed by atoms with Gasteiger partial charge in [0, 0.05) is 12.3 Å². The first-order valence-corrected chi connectivity index (χ1v) is 4.95. The second-order valence-corrected chi connectivity index (χ2v) is 3.69. The summed E-state index contributed by atoms with van der Waals surface area (Å²) < 4.78 is 19.9. The topological polar surface area (TPSA) is 84.3 Å². The third-order valence-electron chi connectivity index (χ3n) is 2.61. The van der Waals surface area contributed by atoms with Gasteiger partial charge >= 0.3 is 5.69 Å². The van der Waals surface area contributed by atoms with E-state index in [0.717, 1.165) is 16.8 Å². The Morgan fingerprint density at radius 1 is 1.59 bits per heavy atom. The van der Waals surface area contributed by atoms with E-state index in [1.165, 1.54) is 0 Å². The molecule has 1 aliphatic heterocycles. The van der Waals surface area contributed by atoms with Crippen molar-refractivity contribution >= 4 is 0 Å². The zero-order chi connectivity index (χ0) is 12.6. The standard InChI is InChI=1S/C10H11FN2O4/c1-5-6(4-14)17-9(8(5)11)13-3-2-7(15)12-10(13)16/h2-3,6,8-9,14H,1,4H2,(H,12,15,16)/t6-,8-,9-/m0/s1. The Bertz CT molecular complexity index is 550. The molecule has 0 spiro atoms. The lowest BCUT2D eigenvalue weighted by Gasteiger charge is -2.14. The highest BCUT2D eigenvalue weighted by atomic mass is 19.1. The van der Waals surface area contributed by atoms with E-state index in [4.69, 9.17) is 9.84 Å². The van der Waals surface area contributed by atoms with Crippen molar-refractivity contribution in [1.82, 2.24) is 9.55 Å². The van der Waals surface area contributed by atoms with Gasteiger partial charge in [-0.05, 0) is 5.57 Å². The van der Waals surface area contributed by atoms with Crippen LogP contribution in [0.3, 0.4) is 0 Å². The summed E-state index contributed by atoms with van der Waals surface area (Å²) in [5.74, 6) is 0. The second kappa shape index (κ2) is 4.27. The molecule has 92 valence electrons. The van der Waals surface area contributed by atoms with Crippen molar-refractivity contribution in [3.8, 4) is 0 Å². The van der Waals surface area contributed by atoms with Crippen molar-refractivity contribution in [1.29, 1.82) is 0 Å². The van der Waals surface area contributed by atoms with E-state index < -0.39 is 36.4 Å². The van der Waals surface area contributed by atoms with Crippen LogP contribution < -0.4 is 11.2 Å². The molecule has 0 amide bonds. The summed E-state index contributed by atoms with van der Waals surface area (Å²) in [5.41, 5.74) is -1.26. The maximum atomic E-state index is 13.8. The summed E-state index contributed by atoms with van der Waals surface area (Å²) >= 11 is 0. The van der Waals surface area contributed by atoms with Gasteiger partial charge in [0.2, 0.25) is 0 Å². The van der Waals surface area contributed by atoms with Crippen molar-refractivity contribution in [3.05, 3.63) is 45.3 Å². The van der Waals surface area contributed by atoms with E-state index in [9.17, 15) is 14.0 Å². The monoisotopic (exact) mass is 242 g/mol. The smallest absolute Gasteiger partial charge is 0.330 e. The van der Waals surface area contributed by atoms with E-state index in [0.29, 0.717) is 0 Å². The minimum absolute atomic E-state index is 0.0793. The molecule has 1 aliphatic rings. The molecule has 2 heterocycles. The summed E-state index contributed by atoms with van der Waals surface area (Å²) in [4.78, 5) is 24.3. The Morgan fingerprint density at radius 2 is 2.29 bits per heavy atom. The van der Waals surface area contributed by atoms with Crippen LogP contribution in [0.15, 0.2) is 34.0 Å². The molecule has 0 unspecified atom stereocenters. The molecule has 1 aromatic heterocycles. The first-order valence-electron chi connectivity index (χ1n) is 4.95. The normalized spacial score (nSPS) is 28.6. The first-order chi connectivity index (χ1) is 8.04. The van der Waals surface area contributed by atoms with Gasteiger partial charge in [-0.1, -0.05) is 6.58 Å². The van der Waals surface area contributed by atoms with Gasteiger partial charge in [-0.2, -0.15) is 0 Å². The lowest BCUT2D eigenvalue weighted by Crippen LogP contribution is -2.34. The number of rotatable bonds is 2. The van der Waals surface area contributed by atoms with Gasteiger partial charge in [0.15, 0.2) is 12.4 Å². The maximum absolute atomic E-state index is 13.8. The molecule has 0 aromatic carbocycles. The number of aliphatic hydroxyl groups is 1. The number of hydrogen-bond donors (Lipinski definition) is 2. The molecule has 1 aromatic rings. The summed E-state index contributed by atoms with van der Waals surface area (Å²) in [7, 11) is 0. The molecule has 2 N–H and O–H groups in total. The summed E-state index contributed by atoms with van der Waals surface area (Å²) in [6, 6.07) is 1.09. The Labute approximate surface area is 95.0 Å². The quantitative estimate of drug-likeness (QED) is 0.673. The van der Waals surface area contributed by atoms with E-state index in [1.54, 1.807) is 0 Å². The van der Waals surface area contributed by atoms with Crippen molar-refractivity contribution in [2.45, 2.75) is 18.5 Å². The molecular formula is C10H11FN2O4. The number of halogens is 1. The summed E-state index contributed by atoms with van der Waals surface area (Å²) in [5, 5.41) is 8.93. The fourth-order valence-electron chi connectivity index (χ4n) is 1.68. The molecule has 17 heavy (non-hydrogen) atoms. The average Bonchev–Trinajstić information content (AvgIpc) is 2.57. The van der Waals surface area contributed by atoms with Crippen molar-refractivity contribution < 1.29 is 14.2 Å². The number of hydrogen-bond acceptors (Lipinski definition) is 4. The molecule has 3 atom stereocenters. The summed E-state index contributed by atoms with van der Waals surface area (Å²) in [6.45, 7) is 3.05. The largest absolute Gasteiger partial charge is 0.393 e. The van der Waals surface area contributed by atoms with Gasteiger partial charge in [-0.3, -0.25) is 14.3 Å². The predicted octanol–water partition coefficient (Wildman–Crippen LogP) is -0.679. The van der Waals surface area contributed by atoms with Crippen LogP contribution in [0.25, 0.3) is 0 Å². The minimum atomic E-state index is -1.60. The van der Waals surface area contributed by atoms with E-state index >= 15 is 0 Å². The van der Waals surface area contributed by atoms with Gasteiger partial charge in [0.05, 0.1) is 6.61 Å². The van der Waals surface area contributed by atoms with Crippen molar-refractivity contribution in [2.75, 3.05) is 6.61 Å². The molecule has 0 saturated carbocycles. The average molecular weight is 242 g/mol. The molecule has 1 fully saturated rings. The van der Waals surface area contributed by atoms with E-state index in [-0.39, 0.29) is 5.57 Å². The Kier molecular flexibility index (Phi) is 2.95. The van der Waals surface area contributed by atoms with E-state index in [2.05, 4.69) is 6.58 Å². The highest BCUT2D eigenvalue weighted by molar-refractivity contribution is 5.15. The van der Waals surface area contributed by atoms with Gasteiger partial charge < -0.3 is 9.84 Å². The van der Waals surface area contributed by atoms with Crippen molar-refractivity contribution in [3.63, 3.8) is 0 Å². The number of aromatic nitrogens is 2. The zero-order valence-electron chi connectivity index (χ0n) is 8.80. The van der Waals surface area contributed by atoms with Crippen LogP contribution in [0, 0.1) is 0 Å². The summed E-state index contributed by atoms with van der Waals surface area (Å²) in [6.07, 6.45) is -2.50. The van der Waals surface area contributed by atoms with Gasteiger partial charge in [0.25, 0.3) is 5.56 Å². The number of aromatic amines is 1. The molecule has 6 nitrogen and oxygen atoms in total. The molecular weight excluding hydrogens is 231 g/mol. The number of H-pyrrole nitrogens is 1. The molecule has 0 aliphatic carbocycles. The molecule has 0 radical (unpaired) electrons. The third kappa shape index (κ3) is 1.94. The van der Waals surface area contributed by atoms with E-state index in [1.807, 2.05) is 4.98 Å². The van der Waals surface area contributed by atoms with Crippen LogP contribution in [-0.4, -0.2) is 33.5 Å². The Balaban J connectivity index is 2.39. The van der Waals surface area contributed by atoms with Gasteiger partial charge in [-0.25, -0.2) is 9.18 Å². The maximum Gasteiger partial charge on any atom is 0.330 e. The lowest BCUT2D eigenvalue weighted by atomic mass is 10.1. The highest BCUT2D eigenvalue weighted by Gasteiger charge is 2.40. The van der Waals surface area contributed by atoms with Crippen LogP contribution in [0.2, 0.25) is 0 Å².